The largest absolute Gasteiger partial charge is 0.465 e. The molecule has 1 aromatic heterocycles. The van der Waals surface area contributed by atoms with Gasteiger partial charge in [-0.15, -0.1) is 0 Å². The number of benzene rings is 3. The van der Waals surface area contributed by atoms with E-state index in [2.05, 4.69) is 31.2 Å². The molecule has 5 rings (SSSR count). The maximum absolute atomic E-state index is 14.9. The van der Waals surface area contributed by atoms with Crippen molar-refractivity contribution in [2.75, 3.05) is 28.6 Å². The third-order valence-corrected chi connectivity index (χ3v) is 6.75. The van der Waals surface area contributed by atoms with Crippen LogP contribution in [0.2, 0.25) is 0 Å². The lowest BCUT2D eigenvalue weighted by molar-refractivity contribution is 0.102. The van der Waals surface area contributed by atoms with Crippen LogP contribution in [0.4, 0.5) is 45.9 Å². The van der Waals surface area contributed by atoms with E-state index in [1.54, 1.807) is 25.1 Å². The zero-order chi connectivity index (χ0) is 31.4. The van der Waals surface area contributed by atoms with Gasteiger partial charge in [0.15, 0.2) is 5.82 Å². The van der Waals surface area contributed by atoms with Gasteiger partial charge in [0, 0.05) is 35.5 Å². The van der Waals surface area contributed by atoms with Crippen LogP contribution in [-0.4, -0.2) is 46.2 Å². The number of aromatic nitrogens is 2. The molecular formula is C30H26F3N7O4. The van der Waals surface area contributed by atoms with E-state index in [1.807, 2.05) is 0 Å². The minimum absolute atomic E-state index is 0.00564. The van der Waals surface area contributed by atoms with Gasteiger partial charge in [-0.25, -0.2) is 32.6 Å². The van der Waals surface area contributed by atoms with Crippen molar-refractivity contribution in [1.29, 1.82) is 0 Å². The van der Waals surface area contributed by atoms with E-state index in [0.29, 0.717) is 28.8 Å². The first kappa shape index (κ1) is 29.8. The topological polar surface area (TPSA) is 149 Å². The first-order valence-corrected chi connectivity index (χ1v) is 13.4. The van der Waals surface area contributed by atoms with Crippen molar-refractivity contribution in [2.24, 2.45) is 0 Å². The number of amides is 4. The summed E-state index contributed by atoms with van der Waals surface area (Å²) in [7, 11) is 0. The Kier molecular flexibility index (Phi) is 8.60. The normalized spacial score (nSPS) is 12.3. The van der Waals surface area contributed by atoms with E-state index >= 15 is 0 Å². The number of hydrogen-bond donors (Lipinski definition) is 5. The van der Waals surface area contributed by atoms with Crippen LogP contribution in [0.25, 0.3) is 11.3 Å². The third kappa shape index (κ3) is 6.38. The van der Waals surface area contributed by atoms with Gasteiger partial charge < -0.3 is 26.4 Å². The van der Waals surface area contributed by atoms with Crippen molar-refractivity contribution in [3.63, 3.8) is 0 Å². The molecule has 0 spiro atoms. The molecule has 0 atom stereocenters. The molecule has 226 valence electrons. The molecular weight excluding hydrogens is 579 g/mol. The number of hydrogen-bond acceptors (Lipinski definition) is 6. The summed E-state index contributed by atoms with van der Waals surface area (Å²) >= 11 is 0. The SMILES string of the molecule is Cc1ccc(C(=O)Nc2ccc(F)cc2)cc1-c1nc(NCCCNC(=O)O)nc2c1CNC(=O)N2c1c(F)cccc1F. The number of aryl methyl sites for hydroxylation is 1. The molecule has 5 N–H and O–H groups in total. The average Bonchev–Trinajstić information content (AvgIpc) is 2.98. The maximum Gasteiger partial charge on any atom is 0.404 e. The lowest BCUT2D eigenvalue weighted by Gasteiger charge is -2.31. The molecule has 0 saturated carbocycles. The van der Waals surface area contributed by atoms with Crippen molar-refractivity contribution in [3.05, 3.63) is 94.8 Å². The first-order valence-electron chi connectivity index (χ1n) is 13.4. The number of nitrogens with zero attached hydrogens (tertiary/aromatic N) is 3. The molecule has 0 unspecified atom stereocenters. The molecule has 11 nitrogen and oxygen atoms in total. The van der Waals surface area contributed by atoms with Crippen molar-refractivity contribution < 1.29 is 32.7 Å². The summed E-state index contributed by atoms with van der Waals surface area (Å²) in [6.45, 7) is 2.06. The Morgan fingerprint density at radius 2 is 1.73 bits per heavy atom. The fourth-order valence-corrected chi connectivity index (χ4v) is 4.61. The van der Waals surface area contributed by atoms with Crippen LogP contribution >= 0.6 is 0 Å². The number of carbonyl (C=O) groups is 3. The Morgan fingerprint density at radius 1 is 1.00 bits per heavy atom. The number of nitrogens with one attached hydrogen (secondary N) is 4. The number of halogens is 3. The summed E-state index contributed by atoms with van der Waals surface area (Å²) in [6, 6.07) is 12.6. The molecule has 4 amide bonds. The van der Waals surface area contributed by atoms with Gasteiger partial charge in [-0.3, -0.25) is 4.79 Å². The molecule has 0 fully saturated rings. The highest BCUT2D eigenvalue weighted by Gasteiger charge is 2.34. The number of para-hydroxylation sites is 1. The average molecular weight is 606 g/mol. The van der Waals surface area contributed by atoms with Gasteiger partial charge in [0.2, 0.25) is 5.95 Å². The zero-order valence-corrected chi connectivity index (χ0v) is 23.2. The quantitative estimate of drug-likeness (QED) is 0.157. The number of carbonyl (C=O) groups excluding carboxylic acids is 2. The van der Waals surface area contributed by atoms with Crippen molar-refractivity contribution in [1.82, 2.24) is 20.6 Å². The van der Waals surface area contributed by atoms with Gasteiger partial charge in [0.25, 0.3) is 5.91 Å². The summed E-state index contributed by atoms with van der Waals surface area (Å²) in [5, 5.41) is 19.4. The molecule has 14 heteroatoms. The van der Waals surface area contributed by atoms with E-state index < -0.39 is 41.2 Å². The lowest BCUT2D eigenvalue weighted by atomic mass is 9.97. The Balaban J connectivity index is 1.59. The van der Waals surface area contributed by atoms with Crippen molar-refractivity contribution >= 4 is 41.2 Å². The van der Waals surface area contributed by atoms with Gasteiger partial charge in [-0.05, 0) is 67.4 Å². The molecule has 1 aliphatic heterocycles. The Labute approximate surface area is 249 Å². The summed E-state index contributed by atoms with van der Waals surface area (Å²) < 4.78 is 43.2. The molecule has 2 heterocycles. The smallest absolute Gasteiger partial charge is 0.404 e. The van der Waals surface area contributed by atoms with Crippen LogP contribution in [0, 0.1) is 24.4 Å². The second-order valence-electron chi connectivity index (χ2n) is 9.77. The molecule has 3 aromatic carbocycles. The van der Waals surface area contributed by atoms with Gasteiger partial charge in [-0.1, -0.05) is 12.1 Å². The fourth-order valence-electron chi connectivity index (χ4n) is 4.61. The van der Waals surface area contributed by atoms with Gasteiger partial charge in [0.05, 0.1) is 12.2 Å². The summed E-state index contributed by atoms with van der Waals surface area (Å²) in [6.07, 6.45) is -0.823. The molecule has 0 bridgehead atoms. The summed E-state index contributed by atoms with van der Waals surface area (Å²) in [4.78, 5) is 46.8. The molecule has 0 saturated heterocycles. The highest BCUT2D eigenvalue weighted by Crippen LogP contribution is 2.39. The predicted molar refractivity (Wildman–Crippen MR) is 156 cm³/mol. The summed E-state index contributed by atoms with van der Waals surface area (Å²) in [5.41, 5.74) is 1.80. The number of carboxylic acid groups (broad SMARTS) is 1. The predicted octanol–water partition coefficient (Wildman–Crippen LogP) is 5.55. The standard InChI is InChI=1S/C30H26F3N7O4/c1-16-6-7-17(27(41)37-19-10-8-18(31)9-11-19)14-20(16)24-21-15-36-29(42)40(25-22(32)4-2-5-23(25)33)26(21)39-28(38-24)34-12-3-13-35-30(43)44/h2,4-11,14,35H,3,12-13,15H2,1H3,(H,36,42)(H,37,41)(H,43,44)(H,34,38,39). The number of fused-ring (bicyclic) bond motifs is 1. The molecule has 0 aliphatic carbocycles. The summed E-state index contributed by atoms with van der Waals surface area (Å²) in [5.74, 6) is -2.97. The van der Waals surface area contributed by atoms with E-state index in [4.69, 9.17) is 5.11 Å². The molecule has 1 aliphatic rings. The highest BCUT2D eigenvalue weighted by molar-refractivity contribution is 6.05. The fraction of sp³-hybridized carbons (Fsp3) is 0.167. The Bertz CT molecular complexity index is 1730. The van der Waals surface area contributed by atoms with Gasteiger partial charge >= 0.3 is 12.1 Å². The van der Waals surface area contributed by atoms with E-state index in [-0.39, 0.29) is 42.7 Å². The number of rotatable bonds is 9. The van der Waals surface area contributed by atoms with Crippen LogP contribution in [0.1, 0.15) is 27.9 Å². The second-order valence-corrected chi connectivity index (χ2v) is 9.77. The number of anilines is 4. The van der Waals surface area contributed by atoms with E-state index in [9.17, 15) is 27.6 Å². The highest BCUT2D eigenvalue weighted by atomic mass is 19.1. The second kappa shape index (κ2) is 12.7. The number of urea groups is 1. The molecule has 4 aromatic rings. The zero-order valence-electron chi connectivity index (χ0n) is 23.2. The molecule has 0 radical (unpaired) electrons. The van der Waals surface area contributed by atoms with Crippen molar-refractivity contribution in [2.45, 2.75) is 19.9 Å². The minimum atomic E-state index is -1.18. The van der Waals surface area contributed by atoms with Gasteiger partial charge in [0.1, 0.15) is 23.1 Å². The monoisotopic (exact) mass is 605 g/mol. The van der Waals surface area contributed by atoms with Crippen LogP contribution < -0.4 is 26.2 Å². The lowest BCUT2D eigenvalue weighted by Crippen LogP contribution is -2.43. The van der Waals surface area contributed by atoms with Crippen LogP contribution in [0.5, 0.6) is 0 Å². The Morgan fingerprint density at radius 3 is 2.43 bits per heavy atom. The van der Waals surface area contributed by atoms with Crippen molar-refractivity contribution in [3.8, 4) is 11.3 Å². The maximum atomic E-state index is 14.9. The van der Waals surface area contributed by atoms with Crippen LogP contribution in [0.15, 0.2) is 60.7 Å². The minimum Gasteiger partial charge on any atom is -0.465 e. The Hall–Kier alpha value is -5.66. The van der Waals surface area contributed by atoms with Crippen LogP contribution in [-0.2, 0) is 6.54 Å². The van der Waals surface area contributed by atoms with E-state index in [0.717, 1.165) is 17.0 Å². The van der Waals surface area contributed by atoms with Crippen LogP contribution in [0.3, 0.4) is 0 Å². The first-order chi connectivity index (χ1) is 21.1. The van der Waals surface area contributed by atoms with Gasteiger partial charge in [-0.2, -0.15) is 4.98 Å². The van der Waals surface area contributed by atoms with E-state index in [1.165, 1.54) is 30.3 Å². The molecule has 44 heavy (non-hydrogen) atoms. The third-order valence-electron chi connectivity index (χ3n) is 6.75.